The van der Waals surface area contributed by atoms with Gasteiger partial charge in [-0.15, -0.1) is 11.3 Å². The van der Waals surface area contributed by atoms with Gasteiger partial charge in [0, 0.05) is 30.7 Å². The molecule has 0 saturated carbocycles. The molecule has 0 aromatic carbocycles. The van der Waals surface area contributed by atoms with Crippen LogP contribution in [0.5, 0.6) is 0 Å². The maximum Gasteiger partial charge on any atom is 0.191 e. The van der Waals surface area contributed by atoms with Crippen LogP contribution in [-0.4, -0.2) is 48.6 Å². The molecule has 1 aliphatic rings. The largest absolute Gasteiger partial charge is 0.355 e. The lowest BCUT2D eigenvalue weighted by Crippen LogP contribution is -2.51. The van der Waals surface area contributed by atoms with Crippen LogP contribution in [0.2, 0.25) is 0 Å². The molecule has 2 N–H and O–H groups in total. The number of likely N-dealkylation sites (tertiary alicyclic amines) is 1. The van der Waals surface area contributed by atoms with Gasteiger partial charge in [0.2, 0.25) is 0 Å². The van der Waals surface area contributed by atoms with E-state index >= 15 is 0 Å². The van der Waals surface area contributed by atoms with Gasteiger partial charge in [0.15, 0.2) is 5.96 Å². The van der Waals surface area contributed by atoms with Crippen LogP contribution >= 0.6 is 11.3 Å². The fourth-order valence-electron chi connectivity index (χ4n) is 3.21. The van der Waals surface area contributed by atoms with E-state index in [-0.39, 0.29) is 0 Å². The van der Waals surface area contributed by atoms with Crippen LogP contribution < -0.4 is 10.6 Å². The molecule has 2 heterocycles. The summed E-state index contributed by atoms with van der Waals surface area (Å²) in [6.07, 6.45) is 4.56. The SMILES string of the molecule is CN=C(NCc1ncc(C)s1)NCC(C(C)C)N1CCC(C)CC1. The Bertz CT molecular complexity index is 517. The molecule has 0 amide bonds. The number of hydrogen-bond donors (Lipinski definition) is 2. The van der Waals surface area contributed by atoms with Gasteiger partial charge in [-0.1, -0.05) is 20.8 Å². The van der Waals surface area contributed by atoms with Crippen LogP contribution in [0.25, 0.3) is 0 Å². The number of hydrogen-bond acceptors (Lipinski definition) is 4. The molecule has 1 aromatic heterocycles. The molecule has 1 unspecified atom stereocenters. The molecule has 0 spiro atoms. The Morgan fingerprint density at radius 1 is 1.38 bits per heavy atom. The molecule has 1 fully saturated rings. The van der Waals surface area contributed by atoms with Crippen molar-refractivity contribution in [3.05, 3.63) is 16.1 Å². The van der Waals surface area contributed by atoms with Gasteiger partial charge in [0.05, 0.1) is 6.54 Å². The maximum absolute atomic E-state index is 4.39. The van der Waals surface area contributed by atoms with Crippen molar-refractivity contribution in [3.8, 4) is 0 Å². The number of aromatic nitrogens is 1. The average Bonchev–Trinajstić information content (AvgIpc) is 2.97. The molecule has 0 radical (unpaired) electrons. The summed E-state index contributed by atoms with van der Waals surface area (Å²) in [6, 6.07) is 0.554. The molecule has 24 heavy (non-hydrogen) atoms. The monoisotopic (exact) mass is 351 g/mol. The van der Waals surface area contributed by atoms with Gasteiger partial charge in [-0.3, -0.25) is 9.89 Å². The standard InChI is InChI=1S/C18H33N5S/c1-13(2)16(23-8-6-14(3)7-9-23)11-21-18(19-5)22-12-17-20-10-15(4)24-17/h10,13-14,16H,6-9,11-12H2,1-5H3,(H2,19,21,22). The summed E-state index contributed by atoms with van der Waals surface area (Å²) in [6.45, 7) is 13.2. The second-order valence-electron chi connectivity index (χ2n) is 7.20. The van der Waals surface area contributed by atoms with Crippen LogP contribution in [-0.2, 0) is 6.54 Å². The van der Waals surface area contributed by atoms with E-state index in [9.17, 15) is 0 Å². The zero-order chi connectivity index (χ0) is 17.5. The molecule has 5 nitrogen and oxygen atoms in total. The molecule has 2 rings (SSSR count). The summed E-state index contributed by atoms with van der Waals surface area (Å²) in [5, 5.41) is 7.98. The average molecular weight is 352 g/mol. The molecular formula is C18H33N5S. The minimum Gasteiger partial charge on any atom is -0.355 e. The first-order chi connectivity index (χ1) is 11.5. The minimum atomic E-state index is 0.554. The number of nitrogens with zero attached hydrogens (tertiary/aromatic N) is 3. The molecular weight excluding hydrogens is 318 g/mol. The lowest BCUT2D eigenvalue weighted by molar-refractivity contribution is 0.110. The van der Waals surface area contributed by atoms with E-state index in [2.05, 4.69) is 53.2 Å². The van der Waals surface area contributed by atoms with Crippen molar-refractivity contribution < 1.29 is 0 Å². The van der Waals surface area contributed by atoms with E-state index < -0.39 is 0 Å². The van der Waals surface area contributed by atoms with Gasteiger partial charge in [-0.2, -0.15) is 0 Å². The maximum atomic E-state index is 4.39. The number of aliphatic imine (C=N–C) groups is 1. The van der Waals surface area contributed by atoms with Crippen LogP contribution in [0.3, 0.4) is 0 Å². The van der Waals surface area contributed by atoms with Crippen LogP contribution in [0.1, 0.15) is 43.5 Å². The van der Waals surface area contributed by atoms with Crippen molar-refractivity contribution in [2.24, 2.45) is 16.8 Å². The van der Waals surface area contributed by atoms with Crippen molar-refractivity contribution in [3.63, 3.8) is 0 Å². The van der Waals surface area contributed by atoms with Crippen molar-refractivity contribution in [2.45, 2.75) is 53.1 Å². The fraction of sp³-hybridized carbons (Fsp3) is 0.778. The highest BCUT2D eigenvalue weighted by atomic mass is 32.1. The highest BCUT2D eigenvalue weighted by Crippen LogP contribution is 2.21. The normalized spacial score (nSPS) is 18.8. The summed E-state index contributed by atoms with van der Waals surface area (Å²) >= 11 is 1.73. The summed E-state index contributed by atoms with van der Waals surface area (Å²) in [7, 11) is 1.83. The van der Waals surface area contributed by atoms with E-state index in [0.717, 1.165) is 30.0 Å². The van der Waals surface area contributed by atoms with Crippen molar-refractivity contribution in [1.29, 1.82) is 0 Å². The number of aryl methyl sites for hydroxylation is 1. The van der Waals surface area contributed by atoms with Gasteiger partial charge in [-0.05, 0) is 44.7 Å². The lowest BCUT2D eigenvalue weighted by atomic mass is 9.94. The molecule has 1 saturated heterocycles. The van der Waals surface area contributed by atoms with Crippen LogP contribution in [0.4, 0.5) is 0 Å². The van der Waals surface area contributed by atoms with Gasteiger partial charge < -0.3 is 10.6 Å². The van der Waals surface area contributed by atoms with E-state index in [1.165, 1.54) is 30.8 Å². The van der Waals surface area contributed by atoms with Gasteiger partial charge in [0.1, 0.15) is 5.01 Å². The third kappa shape index (κ3) is 5.74. The number of rotatable bonds is 6. The summed E-state index contributed by atoms with van der Waals surface area (Å²) in [5.41, 5.74) is 0. The lowest BCUT2D eigenvalue weighted by Gasteiger charge is -2.39. The molecule has 1 aromatic rings. The predicted molar refractivity (Wildman–Crippen MR) is 104 cm³/mol. The first-order valence-corrected chi connectivity index (χ1v) is 9.91. The third-order valence-electron chi connectivity index (χ3n) is 4.84. The van der Waals surface area contributed by atoms with Crippen molar-refractivity contribution >= 4 is 17.3 Å². The quantitative estimate of drug-likeness (QED) is 0.611. The molecule has 1 atom stereocenters. The summed E-state index contributed by atoms with van der Waals surface area (Å²) in [4.78, 5) is 12.6. The Morgan fingerprint density at radius 3 is 2.62 bits per heavy atom. The van der Waals surface area contributed by atoms with E-state index in [0.29, 0.717) is 12.0 Å². The molecule has 6 heteroatoms. The second-order valence-corrected chi connectivity index (χ2v) is 8.52. The molecule has 1 aliphatic heterocycles. The van der Waals surface area contributed by atoms with E-state index in [4.69, 9.17) is 0 Å². The highest BCUT2D eigenvalue weighted by Gasteiger charge is 2.25. The first-order valence-electron chi connectivity index (χ1n) is 9.09. The zero-order valence-electron chi connectivity index (χ0n) is 15.8. The Labute approximate surface area is 151 Å². The first kappa shape index (κ1) is 19.2. The second kappa shape index (κ2) is 9.37. The minimum absolute atomic E-state index is 0.554. The molecule has 136 valence electrons. The van der Waals surface area contributed by atoms with Gasteiger partial charge in [0.25, 0.3) is 0 Å². The topological polar surface area (TPSA) is 52.6 Å². The summed E-state index contributed by atoms with van der Waals surface area (Å²) < 4.78 is 0. The Hall–Kier alpha value is -1.14. The number of piperidine rings is 1. The number of nitrogens with one attached hydrogen (secondary N) is 2. The number of thiazole rings is 1. The summed E-state index contributed by atoms with van der Waals surface area (Å²) in [5.74, 6) is 2.36. The van der Waals surface area contributed by atoms with E-state index in [1.54, 1.807) is 11.3 Å². The van der Waals surface area contributed by atoms with Gasteiger partial charge in [-0.25, -0.2) is 4.98 Å². The Balaban J connectivity index is 1.82. The zero-order valence-corrected chi connectivity index (χ0v) is 16.6. The third-order valence-corrected chi connectivity index (χ3v) is 5.75. The molecule has 0 bridgehead atoms. The molecule has 0 aliphatic carbocycles. The Morgan fingerprint density at radius 2 is 2.08 bits per heavy atom. The van der Waals surface area contributed by atoms with Crippen molar-refractivity contribution in [2.75, 3.05) is 26.7 Å². The highest BCUT2D eigenvalue weighted by molar-refractivity contribution is 7.11. The van der Waals surface area contributed by atoms with Crippen LogP contribution in [0.15, 0.2) is 11.2 Å². The smallest absolute Gasteiger partial charge is 0.191 e. The van der Waals surface area contributed by atoms with E-state index in [1.807, 2.05) is 13.2 Å². The van der Waals surface area contributed by atoms with Gasteiger partial charge >= 0.3 is 0 Å². The fourth-order valence-corrected chi connectivity index (χ4v) is 3.94. The van der Waals surface area contributed by atoms with Crippen molar-refractivity contribution in [1.82, 2.24) is 20.5 Å². The number of guanidine groups is 1. The Kier molecular flexibility index (Phi) is 7.49. The van der Waals surface area contributed by atoms with Crippen LogP contribution in [0, 0.1) is 18.8 Å². The predicted octanol–water partition coefficient (Wildman–Crippen LogP) is 2.87.